The van der Waals surface area contributed by atoms with Crippen molar-refractivity contribution < 1.29 is 5.11 Å². The number of benzene rings is 1. The lowest BCUT2D eigenvalue weighted by molar-refractivity contribution is 0.281. The van der Waals surface area contributed by atoms with E-state index in [-0.39, 0.29) is 12.6 Å². The minimum absolute atomic E-state index is 0.0364. The second-order valence-electron chi connectivity index (χ2n) is 4.58. The highest BCUT2D eigenvalue weighted by atomic mass is 16.3. The summed E-state index contributed by atoms with van der Waals surface area (Å²) < 4.78 is 0. The van der Waals surface area contributed by atoms with Crippen molar-refractivity contribution in [3.05, 3.63) is 53.5 Å². The molecule has 0 saturated heterocycles. The molecule has 0 spiro atoms. The van der Waals surface area contributed by atoms with Gasteiger partial charge in [-0.25, -0.2) is 9.97 Å². The monoisotopic (exact) mass is 267 g/mol. The van der Waals surface area contributed by atoms with Gasteiger partial charge in [-0.15, -0.1) is 0 Å². The summed E-state index contributed by atoms with van der Waals surface area (Å²) in [5.41, 5.74) is 2.84. The smallest absolute Gasteiger partial charge is 0.145 e. The van der Waals surface area contributed by atoms with Crippen LogP contribution in [0.25, 0.3) is 0 Å². The van der Waals surface area contributed by atoms with E-state index in [2.05, 4.69) is 27.1 Å². The Morgan fingerprint density at radius 1 is 1.25 bits per heavy atom. The van der Waals surface area contributed by atoms with E-state index in [1.807, 2.05) is 38.1 Å². The van der Waals surface area contributed by atoms with Crippen LogP contribution in [0.1, 0.15) is 23.6 Å². The Morgan fingerprint density at radius 3 is 2.75 bits per heavy atom. The molecule has 4 heteroatoms. The Labute approximate surface area is 118 Å². The van der Waals surface area contributed by atoms with Gasteiger partial charge in [-0.1, -0.05) is 30.0 Å². The highest BCUT2D eigenvalue weighted by molar-refractivity contribution is 5.55. The Morgan fingerprint density at radius 2 is 2.00 bits per heavy atom. The summed E-state index contributed by atoms with van der Waals surface area (Å²) in [6, 6.07) is 7.88. The van der Waals surface area contributed by atoms with E-state index in [1.165, 1.54) is 6.33 Å². The van der Waals surface area contributed by atoms with E-state index >= 15 is 0 Å². The molecule has 0 bridgehead atoms. The van der Waals surface area contributed by atoms with Crippen molar-refractivity contribution in [2.45, 2.75) is 19.9 Å². The summed E-state index contributed by atoms with van der Waals surface area (Å²) in [4.78, 5) is 8.16. The third kappa shape index (κ3) is 3.56. The van der Waals surface area contributed by atoms with Gasteiger partial charge in [0.15, 0.2) is 0 Å². The Balaban J connectivity index is 2.29. The second-order valence-corrected chi connectivity index (χ2v) is 4.58. The van der Waals surface area contributed by atoms with E-state index in [0.717, 1.165) is 16.7 Å². The predicted molar refractivity (Wildman–Crippen MR) is 79.4 cm³/mol. The number of nitrogens with one attached hydrogen (secondary N) is 1. The molecule has 1 aromatic heterocycles. The van der Waals surface area contributed by atoms with Gasteiger partial charge >= 0.3 is 0 Å². The van der Waals surface area contributed by atoms with Gasteiger partial charge in [-0.05, 0) is 25.5 Å². The van der Waals surface area contributed by atoms with E-state index in [4.69, 9.17) is 5.11 Å². The SMILES string of the molecule is Cc1ccccc1C#Cc1cncnc1N[C@H](C)CO. The molecule has 1 atom stereocenters. The normalized spacial score (nSPS) is 11.3. The molecule has 2 N–H and O–H groups in total. The van der Waals surface area contributed by atoms with Crippen molar-refractivity contribution >= 4 is 5.82 Å². The Bertz CT molecular complexity index is 643. The summed E-state index contributed by atoms with van der Waals surface area (Å²) in [6.45, 7) is 3.94. The lowest BCUT2D eigenvalue weighted by Gasteiger charge is -2.12. The average Bonchev–Trinajstić information content (AvgIpc) is 2.47. The van der Waals surface area contributed by atoms with Crippen LogP contribution in [-0.4, -0.2) is 27.7 Å². The Kier molecular flexibility index (Phi) is 4.70. The van der Waals surface area contributed by atoms with Crippen molar-refractivity contribution in [1.82, 2.24) is 9.97 Å². The van der Waals surface area contributed by atoms with E-state index in [0.29, 0.717) is 5.82 Å². The number of aryl methyl sites for hydroxylation is 1. The van der Waals surface area contributed by atoms with Crippen LogP contribution in [0.2, 0.25) is 0 Å². The molecule has 0 aliphatic carbocycles. The van der Waals surface area contributed by atoms with Crippen LogP contribution in [0, 0.1) is 18.8 Å². The van der Waals surface area contributed by atoms with Gasteiger partial charge in [-0.3, -0.25) is 0 Å². The molecular weight excluding hydrogens is 250 g/mol. The highest BCUT2D eigenvalue weighted by Gasteiger charge is 2.05. The summed E-state index contributed by atoms with van der Waals surface area (Å²) in [5.74, 6) is 6.85. The fourth-order valence-corrected chi connectivity index (χ4v) is 1.66. The van der Waals surface area contributed by atoms with Crippen molar-refractivity contribution in [2.75, 3.05) is 11.9 Å². The molecule has 0 saturated carbocycles. The minimum atomic E-state index is -0.0797. The van der Waals surface area contributed by atoms with Crippen LogP contribution in [0.5, 0.6) is 0 Å². The minimum Gasteiger partial charge on any atom is -0.394 e. The van der Waals surface area contributed by atoms with Crippen LogP contribution < -0.4 is 5.32 Å². The molecule has 102 valence electrons. The third-order valence-corrected chi connectivity index (χ3v) is 2.85. The van der Waals surface area contributed by atoms with Gasteiger partial charge in [0.05, 0.1) is 12.2 Å². The first-order valence-electron chi connectivity index (χ1n) is 6.45. The average molecular weight is 267 g/mol. The van der Waals surface area contributed by atoms with Crippen LogP contribution in [0.15, 0.2) is 36.8 Å². The number of aliphatic hydroxyl groups excluding tert-OH is 1. The van der Waals surface area contributed by atoms with Crippen LogP contribution in [0.4, 0.5) is 5.82 Å². The summed E-state index contributed by atoms with van der Waals surface area (Å²) in [7, 11) is 0. The van der Waals surface area contributed by atoms with Crippen LogP contribution >= 0.6 is 0 Å². The number of hydrogen-bond acceptors (Lipinski definition) is 4. The van der Waals surface area contributed by atoms with Crippen molar-refractivity contribution in [3.63, 3.8) is 0 Å². The van der Waals surface area contributed by atoms with Gasteiger partial charge in [0, 0.05) is 17.8 Å². The zero-order valence-corrected chi connectivity index (χ0v) is 11.6. The zero-order chi connectivity index (χ0) is 14.4. The molecule has 0 amide bonds. The van der Waals surface area contributed by atoms with E-state index in [1.54, 1.807) is 6.20 Å². The number of hydrogen-bond donors (Lipinski definition) is 2. The fraction of sp³-hybridized carbons (Fsp3) is 0.250. The molecule has 1 heterocycles. The summed E-state index contributed by atoms with van der Waals surface area (Å²) in [5, 5.41) is 12.2. The van der Waals surface area contributed by atoms with Crippen LogP contribution in [0.3, 0.4) is 0 Å². The first kappa shape index (κ1) is 14.0. The molecule has 0 unspecified atom stereocenters. The first-order chi connectivity index (χ1) is 9.70. The van der Waals surface area contributed by atoms with Crippen molar-refractivity contribution in [1.29, 1.82) is 0 Å². The lowest BCUT2D eigenvalue weighted by Crippen LogP contribution is -2.20. The van der Waals surface area contributed by atoms with Gasteiger partial charge < -0.3 is 10.4 Å². The summed E-state index contributed by atoms with van der Waals surface area (Å²) >= 11 is 0. The van der Waals surface area contributed by atoms with E-state index < -0.39 is 0 Å². The first-order valence-corrected chi connectivity index (χ1v) is 6.45. The fourth-order valence-electron chi connectivity index (χ4n) is 1.66. The number of aromatic nitrogens is 2. The molecule has 0 aliphatic rings. The molecule has 0 radical (unpaired) electrons. The molecule has 20 heavy (non-hydrogen) atoms. The predicted octanol–water partition coefficient (Wildman–Crippen LogP) is 1.98. The van der Waals surface area contributed by atoms with Gasteiger partial charge in [-0.2, -0.15) is 0 Å². The number of aliphatic hydroxyl groups is 1. The molecule has 2 rings (SSSR count). The maximum absolute atomic E-state index is 9.09. The molecule has 1 aromatic carbocycles. The van der Waals surface area contributed by atoms with Crippen LogP contribution in [-0.2, 0) is 0 Å². The largest absolute Gasteiger partial charge is 0.394 e. The van der Waals surface area contributed by atoms with Gasteiger partial charge in [0.1, 0.15) is 12.1 Å². The molecule has 4 nitrogen and oxygen atoms in total. The lowest BCUT2D eigenvalue weighted by atomic mass is 10.1. The highest BCUT2D eigenvalue weighted by Crippen LogP contribution is 2.11. The number of rotatable bonds is 3. The standard InChI is InChI=1S/C16H17N3O/c1-12-5-3-4-6-14(12)7-8-15-9-17-11-18-16(15)19-13(2)10-20/h3-6,9,11,13,20H,10H2,1-2H3,(H,17,18,19)/t13-/m1/s1. The molecule has 0 aliphatic heterocycles. The Hall–Kier alpha value is -2.38. The topological polar surface area (TPSA) is 58.0 Å². The van der Waals surface area contributed by atoms with Gasteiger partial charge in [0.25, 0.3) is 0 Å². The second kappa shape index (κ2) is 6.69. The number of anilines is 1. The third-order valence-electron chi connectivity index (χ3n) is 2.85. The van der Waals surface area contributed by atoms with Gasteiger partial charge in [0.2, 0.25) is 0 Å². The maximum Gasteiger partial charge on any atom is 0.145 e. The zero-order valence-electron chi connectivity index (χ0n) is 11.6. The molecule has 2 aromatic rings. The maximum atomic E-state index is 9.09. The molecular formula is C16H17N3O. The van der Waals surface area contributed by atoms with Crippen molar-refractivity contribution in [3.8, 4) is 11.8 Å². The van der Waals surface area contributed by atoms with Crippen molar-refractivity contribution in [2.24, 2.45) is 0 Å². The molecule has 0 fully saturated rings. The quantitative estimate of drug-likeness (QED) is 0.835. The van der Waals surface area contributed by atoms with E-state index in [9.17, 15) is 0 Å². The number of nitrogens with zero attached hydrogens (tertiary/aromatic N) is 2. The summed E-state index contributed by atoms with van der Waals surface area (Å²) in [6.07, 6.45) is 3.13.